The number of hydrogen-bond donors (Lipinski definition) is 0. The number of carbonyl (C=O) groups is 2. The monoisotopic (exact) mass is 231 g/mol. The molecule has 0 unspecified atom stereocenters. The maximum Gasteiger partial charge on any atom is 0.299 e. The molecule has 1 amide bonds. The molecule has 0 atom stereocenters. The Kier molecular flexibility index (Phi) is 3.01. The van der Waals surface area contributed by atoms with E-state index in [1.54, 1.807) is 4.90 Å². The smallest absolute Gasteiger partial charge is 0.299 e. The zero-order valence-corrected chi connectivity index (χ0v) is 10.5. The van der Waals surface area contributed by atoms with Crippen LogP contribution in [0.4, 0.5) is 5.69 Å². The Hall–Kier alpha value is -1.64. The first kappa shape index (κ1) is 11.8. The average molecular weight is 231 g/mol. The van der Waals surface area contributed by atoms with E-state index in [1.165, 1.54) is 0 Å². The van der Waals surface area contributed by atoms with Crippen LogP contribution in [0.25, 0.3) is 0 Å². The van der Waals surface area contributed by atoms with Crippen molar-refractivity contribution in [2.45, 2.75) is 27.2 Å². The van der Waals surface area contributed by atoms with Crippen molar-refractivity contribution in [2.75, 3.05) is 11.4 Å². The number of anilines is 1. The minimum Gasteiger partial charge on any atom is -0.305 e. The van der Waals surface area contributed by atoms with Crippen molar-refractivity contribution in [1.82, 2.24) is 0 Å². The molecule has 2 rings (SSSR count). The van der Waals surface area contributed by atoms with E-state index in [2.05, 4.69) is 0 Å². The average Bonchev–Trinajstić information content (AvgIpc) is 2.54. The summed E-state index contributed by atoms with van der Waals surface area (Å²) in [6.45, 7) is 6.71. The molecule has 0 bridgehead atoms. The van der Waals surface area contributed by atoms with Gasteiger partial charge in [0.05, 0.1) is 11.3 Å². The van der Waals surface area contributed by atoms with Gasteiger partial charge in [0, 0.05) is 6.54 Å². The molecule has 1 heterocycles. The summed E-state index contributed by atoms with van der Waals surface area (Å²) in [4.78, 5) is 25.3. The minimum absolute atomic E-state index is 0.351. The SMILES string of the molecule is CCc1ccc2c(c1)C(=O)C(=O)N2CC(C)C. The Bertz CT molecular complexity index is 477. The minimum atomic E-state index is -0.387. The van der Waals surface area contributed by atoms with Crippen LogP contribution in [-0.2, 0) is 11.2 Å². The first-order valence-corrected chi connectivity index (χ1v) is 6.03. The van der Waals surface area contributed by atoms with E-state index in [0.29, 0.717) is 18.0 Å². The van der Waals surface area contributed by atoms with Crippen molar-refractivity contribution in [3.05, 3.63) is 29.3 Å². The van der Waals surface area contributed by atoms with Crippen LogP contribution in [0.3, 0.4) is 0 Å². The molecule has 1 aromatic rings. The molecule has 0 N–H and O–H groups in total. The van der Waals surface area contributed by atoms with Gasteiger partial charge in [0.25, 0.3) is 11.7 Å². The number of Topliss-reactive ketones (excluding diaryl/α,β-unsaturated/α-hetero) is 1. The van der Waals surface area contributed by atoms with Gasteiger partial charge in [0.1, 0.15) is 0 Å². The molecule has 0 saturated carbocycles. The molecule has 1 aliphatic rings. The zero-order valence-electron chi connectivity index (χ0n) is 10.5. The molecule has 0 spiro atoms. The fraction of sp³-hybridized carbons (Fsp3) is 0.429. The van der Waals surface area contributed by atoms with Gasteiger partial charge in [0.15, 0.2) is 0 Å². The largest absolute Gasteiger partial charge is 0.305 e. The van der Waals surface area contributed by atoms with Crippen molar-refractivity contribution in [2.24, 2.45) is 5.92 Å². The van der Waals surface area contributed by atoms with Crippen LogP contribution in [0.1, 0.15) is 36.7 Å². The van der Waals surface area contributed by atoms with Crippen LogP contribution in [0, 0.1) is 5.92 Å². The summed E-state index contributed by atoms with van der Waals surface area (Å²) >= 11 is 0. The molecule has 0 fully saturated rings. The molecule has 3 heteroatoms. The van der Waals surface area contributed by atoms with E-state index in [1.807, 2.05) is 39.0 Å². The number of carbonyl (C=O) groups excluding carboxylic acids is 2. The predicted octanol–water partition coefficient (Wildman–Crippen LogP) is 2.43. The molecule has 0 saturated heterocycles. The van der Waals surface area contributed by atoms with Crippen LogP contribution in [0.15, 0.2) is 18.2 Å². The fourth-order valence-corrected chi connectivity index (χ4v) is 2.11. The van der Waals surface area contributed by atoms with Gasteiger partial charge in [0.2, 0.25) is 0 Å². The van der Waals surface area contributed by atoms with Crippen LogP contribution in [0.2, 0.25) is 0 Å². The molecule has 1 aliphatic heterocycles. The normalized spacial score (nSPS) is 14.7. The van der Waals surface area contributed by atoms with Crippen molar-refractivity contribution in [1.29, 1.82) is 0 Å². The van der Waals surface area contributed by atoms with Gasteiger partial charge >= 0.3 is 0 Å². The Labute approximate surface area is 101 Å². The highest BCUT2D eigenvalue weighted by molar-refractivity contribution is 6.52. The fourth-order valence-electron chi connectivity index (χ4n) is 2.11. The van der Waals surface area contributed by atoms with Crippen LogP contribution >= 0.6 is 0 Å². The lowest BCUT2D eigenvalue weighted by Crippen LogP contribution is -2.32. The highest BCUT2D eigenvalue weighted by Crippen LogP contribution is 2.30. The maximum absolute atomic E-state index is 11.9. The first-order valence-electron chi connectivity index (χ1n) is 6.03. The summed E-state index contributed by atoms with van der Waals surface area (Å²) < 4.78 is 0. The molecular formula is C14H17NO2. The second-order valence-electron chi connectivity index (χ2n) is 4.84. The summed E-state index contributed by atoms with van der Waals surface area (Å²) in [7, 11) is 0. The van der Waals surface area contributed by atoms with E-state index >= 15 is 0 Å². The molecule has 0 aliphatic carbocycles. The lowest BCUT2D eigenvalue weighted by atomic mass is 10.1. The van der Waals surface area contributed by atoms with Crippen LogP contribution < -0.4 is 4.90 Å². The van der Waals surface area contributed by atoms with Gasteiger partial charge in [-0.25, -0.2) is 0 Å². The van der Waals surface area contributed by atoms with Gasteiger partial charge in [-0.05, 0) is 30.0 Å². The number of amides is 1. The van der Waals surface area contributed by atoms with Gasteiger partial charge in [-0.1, -0.05) is 26.8 Å². The van der Waals surface area contributed by atoms with E-state index in [-0.39, 0.29) is 11.7 Å². The van der Waals surface area contributed by atoms with Crippen LogP contribution in [-0.4, -0.2) is 18.2 Å². The number of hydrogen-bond acceptors (Lipinski definition) is 2. The highest BCUT2D eigenvalue weighted by Gasteiger charge is 2.35. The molecule has 90 valence electrons. The Morgan fingerprint density at radius 3 is 2.53 bits per heavy atom. The van der Waals surface area contributed by atoms with Crippen molar-refractivity contribution >= 4 is 17.4 Å². The van der Waals surface area contributed by atoms with Crippen molar-refractivity contribution in [3.8, 4) is 0 Å². The van der Waals surface area contributed by atoms with Gasteiger partial charge in [-0.15, -0.1) is 0 Å². The molecule has 17 heavy (non-hydrogen) atoms. The topological polar surface area (TPSA) is 37.4 Å². The summed E-state index contributed by atoms with van der Waals surface area (Å²) in [5.41, 5.74) is 2.43. The van der Waals surface area contributed by atoms with E-state index < -0.39 is 0 Å². The van der Waals surface area contributed by atoms with Gasteiger partial charge in [-0.3, -0.25) is 9.59 Å². The second kappa shape index (κ2) is 4.32. The summed E-state index contributed by atoms with van der Waals surface area (Å²) in [6, 6.07) is 5.72. The van der Waals surface area contributed by atoms with Crippen molar-refractivity contribution < 1.29 is 9.59 Å². The summed E-state index contributed by atoms with van der Waals surface area (Å²) in [6.07, 6.45) is 0.874. The Morgan fingerprint density at radius 1 is 1.24 bits per heavy atom. The number of benzene rings is 1. The van der Waals surface area contributed by atoms with E-state index in [0.717, 1.165) is 17.7 Å². The third-order valence-corrected chi connectivity index (χ3v) is 2.99. The second-order valence-corrected chi connectivity index (χ2v) is 4.84. The maximum atomic E-state index is 11.9. The molecule has 0 aromatic heterocycles. The highest BCUT2D eigenvalue weighted by atomic mass is 16.2. The van der Waals surface area contributed by atoms with Crippen molar-refractivity contribution in [3.63, 3.8) is 0 Å². The summed E-state index contributed by atoms with van der Waals surface area (Å²) in [5, 5.41) is 0. The molecule has 3 nitrogen and oxygen atoms in total. The van der Waals surface area contributed by atoms with E-state index in [9.17, 15) is 9.59 Å². The quantitative estimate of drug-likeness (QED) is 0.749. The number of aryl methyl sites for hydroxylation is 1. The van der Waals surface area contributed by atoms with Crippen LogP contribution in [0.5, 0.6) is 0 Å². The molecule has 0 radical (unpaired) electrons. The third-order valence-electron chi connectivity index (χ3n) is 2.99. The van der Waals surface area contributed by atoms with Gasteiger partial charge < -0.3 is 4.90 Å². The zero-order chi connectivity index (χ0) is 12.6. The standard InChI is InChI=1S/C14H17NO2/c1-4-10-5-6-12-11(7-10)13(16)14(17)15(12)8-9(2)3/h5-7,9H,4,8H2,1-3H3. The number of nitrogens with zero attached hydrogens (tertiary/aromatic N) is 1. The number of fused-ring (bicyclic) bond motifs is 1. The molecular weight excluding hydrogens is 214 g/mol. The lowest BCUT2D eigenvalue weighted by molar-refractivity contribution is -0.114. The van der Waals surface area contributed by atoms with Gasteiger partial charge in [-0.2, -0.15) is 0 Å². The predicted molar refractivity (Wildman–Crippen MR) is 67.3 cm³/mol. The summed E-state index contributed by atoms with van der Waals surface area (Å²) in [5.74, 6) is -0.401. The molecule has 1 aromatic carbocycles. The Morgan fingerprint density at radius 2 is 1.94 bits per heavy atom. The number of ketones is 1. The third kappa shape index (κ3) is 1.97. The lowest BCUT2D eigenvalue weighted by Gasteiger charge is -2.18. The first-order chi connectivity index (χ1) is 8.04. The number of rotatable bonds is 3. The van der Waals surface area contributed by atoms with E-state index in [4.69, 9.17) is 0 Å². The Balaban J connectivity index is 2.43.